The maximum Gasteiger partial charge on any atom is 0.239 e. The largest absolute Gasteiger partial charge is 0.497 e. The number of benzene rings is 1. The molecule has 1 unspecified atom stereocenters. The Morgan fingerprint density at radius 3 is 2.79 bits per heavy atom. The molecule has 148 valence electrons. The molecule has 0 fully saturated rings. The summed E-state index contributed by atoms with van der Waals surface area (Å²) in [5.41, 5.74) is 0.961. The minimum absolute atomic E-state index is 0.101. The Bertz CT molecular complexity index is 904. The van der Waals surface area contributed by atoms with E-state index in [9.17, 15) is 4.79 Å². The van der Waals surface area contributed by atoms with Gasteiger partial charge < -0.3 is 14.6 Å². The summed E-state index contributed by atoms with van der Waals surface area (Å²) in [6, 6.07) is 9.43. The quantitative estimate of drug-likeness (QED) is 0.534. The van der Waals surface area contributed by atoms with Gasteiger partial charge >= 0.3 is 0 Å². The van der Waals surface area contributed by atoms with Crippen LogP contribution in [-0.2, 0) is 4.79 Å². The van der Waals surface area contributed by atoms with E-state index in [4.69, 9.17) is 9.26 Å². The number of rotatable bonds is 9. The zero-order chi connectivity index (χ0) is 19.9. The van der Waals surface area contributed by atoms with Crippen LogP contribution in [0.25, 0.3) is 5.69 Å². The molecule has 0 aliphatic heterocycles. The van der Waals surface area contributed by atoms with Gasteiger partial charge in [0.1, 0.15) is 11.5 Å². The molecule has 0 saturated carbocycles. The van der Waals surface area contributed by atoms with Gasteiger partial charge in [0.15, 0.2) is 11.0 Å². The molecule has 1 N–H and O–H groups in total. The normalized spacial score (nSPS) is 12.0. The monoisotopic (exact) mass is 400 g/mol. The second-order valence-electron chi connectivity index (χ2n) is 6.34. The summed E-state index contributed by atoms with van der Waals surface area (Å²) in [4.78, 5) is 17.3. The van der Waals surface area contributed by atoms with Crippen molar-refractivity contribution >= 4 is 23.5 Å². The van der Waals surface area contributed by atoms with Gasteiger partial charge in [-0.3, -0.25) is 9.36 Å². The molecule has 0 radical (unpaired) electrons. The molecule has 0 saturated heterocycles. The number of imidazole rings is 1. The molecular weight excluding hydrogens is 376 g/mol. The highest BCUT2D eigenvalue weighted by Crippen LogP contribution is 2.29. The first-order valence-electron chi connectivity index (χ1n) is 9.19. The van der Waals surface area contributed by atoms with Crippen molar-refractivity contribution in [3.05, 3.63) is 48.5 Å². The van der Waals surface area contributed by atoms with Crippen LogP contribution in [-0.4, -0.2) is 33.0 Å². The highest BCUT2D eigenvalue weighted by Gasteiger charge is 2.23. The van der Waals surface area contributed by atoms with Crippen molar-refractivity contribution in [1.82, 2.24) is 14.7 Å². The number of anilines is 1. The summed E-state index contributed by atoms with van der Waals surface area (Å²) in [6.07, 6.45) is 6.34. The van der Waals surface area contributed by atoms with Crippen LogP contribution in [0.4, 0.5) is 5.82 Å². The lowest BCUT2D eigenvalue weighted by atomic mass is 10.2. The predicted octanol–water partition coefficient (Wildman–Crippen LogP) is 4.47. The summed E-state index contributed by atoms with van der Waals surface area (Å²) in [7, 11) is 1.64. The van der Waals surface area contributed by atoms with Crippen LogP contribution < -0.4 is 10.1 Å². The third kappa shape index (κ3) is 4.95. The van der Waals surface area contributed by atoms with Crippen LogP contribution in [0.5, 0.6) is 5.75 Å². The predicted molar refractivity (Wildman–Crippen MR) is 109 cm³/mol. The van der Waals surface area contributed by atoms with Crippen LogP contribution in [0.3, 0.4) is 0 Å². The lowest BCUT2D eigenvalue weighted by Gasteiger charge is -2.16. The Morgan fingerprint density at radius 1 is 1.36 bits per heavy atom. The number of hydrogen-bond donors (Lipinski definition) is 1. The lowest BCUT2D eigenvalue weighted by Crippen LogP contribution is -2.25. The number of carbonyl (C=O) groups excluding carboxylic acids is 1. The SMILES string of the molecule is CCCCC(Sc1nccn1-c1ccc(OC)cc1)C(=O)Nc1cc(C)on1. The second kappa shape index (κ2) is 9.45. The van der Waals surface area contributed by atoms with Crippen LogP contribution in [0, 0.1) is 6.92 Å². The van der Waals surface area contributed by atoms with E-state index in [1.54, 1.807) is 26.3 Å². The maximum absolute atomic E-state index is 12.8. The topological polar surface area (TPSA) is 82.2 Å². The number of thioether (sulfide) groups is 1. The molecule has 1 aromatic carbocycles. The fourth-order valence-corrected chi connectivity index (χ4v) is 3.82. The molecule has 2 aromatic heterocycles. The standard InChI is InChI=1S/C20H24N4O3S/c1-4-5-6-17(19(25)22-18-13-14(2)27-23-18)28-20-21-11-12-24(20)15-7-9-16(26-3)10-8-15/h7-13,17H,4-6H2,1-3H3,(H,22,23,25). The van der Waals surface area contributed by atoms with Gasteiger partial charge in [-0.1, -0.05) is 36.7 Å². The average Bonchev–Trinajstić information content (AvgIpc) is 3.33. The van der Waals surface area contributed by atoms with E-state index in [0.717, 1.165) is 35.9 Å². The van der Waals surface area contributed by atoms with E-state index in [0.29, 0.717) is 11.6 Å². The van der Waals surface area contributed by atoms with Crippen molar-refractivity contribution in [2.45, 2.75) is 43.5 Å². The first-order valence-corrected chi connectivity index (χ1v) is 10.1. The Hall–Kier alpha value is -2.74. The highest BCUT2D eigenvalue weighted by molar-refractivity contribution is 8.00. The van der Waals surface area contributed by atoms with Gasteiger partial charge in [0.2, 0.25) is 5.91 Å². The molecule has 3 rings (SSSR count). The second-order valence-corrected chi connectivity index (χ2v) is 7.51. The maximum atomic E-state index is 12.8. The number of carbonyl (C=O) groups is 1. The molecule has 1 amide bonds. The van der Waals surface area contributed by atoms with E-state index in [1.807, 2.05) is 35.0 Å². The Kier molecular flexibility index (Phi) is 6.76. The molecule has 2 heterocycles. The highest BCUT2D eigenvalue weighted by atomic mass is 32.2. The number of aryl methyl sites for hydroxylation is 1. The van der Waals surface area contributed by atoms with Crippen molar-refractivity contribution in [3.63, 3.8) is 0 Å². The number of nitrogens with one attached hydrogen (secondary N) is 1. The zero-order valence-electron chi connectivity index (χ0n) is 16.2. The molecule has 8 heteroatoms. The fraction of sp³-hybridized carbons (Fsp3) is 0.350. The Morgan fingerprint density at radius 2 is 2.14 bits per heavy atom. The first-order chi connectivity index (χ1) is 13.6. The number of methoxy groups -OCH3 is 1. The number of ether oxygens (including phenoxy) is 1. The van der Waals surface area contributed by atoms with Gasteiger partial charge in [0.05, 0.1) is 12.4 Å². The average molecular weight is 401 g/mol. The van der Waals surface area contributed by atoms with Crippen molar-refractivity contribution in [3.8, 4) is 11.4 Å². The molecule has 0 spiro atoms. The van der Waals surface area contributed by atoms with E-state index in [-0.39, 0.29) is 11.2 Å². The summed E-state index contributed by atoms with van der Waals surface area (Å²) in [5, 5.41) is 7.17. The lowest BCUT2D eigenvalue weighted by molar-refractivity contribution is -0.115. The van der Waals surface area contributed by atoms with Gasteiger partial charge in [-0.05, 0) is 37.6 Å². The third-order valence-corrected chi connectivity index (χ3v) is 5.44. The van der Waals surface area contributed by atoms with Gasteiger partial charge in [0, 0.05) is 24.1 Å². The summed E-state index contributed by atoms with van der Waals surface area (Å²) in [6.45, 7) is 3.90. The number of nitrogens with zero attached hydrogens (tertiary/aromatic N) is 3. The Labute approximate surface area is 168 Å². The van der Waals surface area contributed by atoms with Gasteiger partial charge in [-0.25, -0.2) is 4.98 Å². The van der Waals surface area contributed by atoms with Crippen LogP contribution >= 0.6 is 11.8 Å². The number of aromatic nitrogens is 3. The van der Waals surface area contributed by atoms with E-state index >= 15 is 0 Å². The van der Waals surface area contributed by atoms with Gasteiger partial charge in [0.25, 0.3) is 0 Å². The van der Waals surface area contributed by atoms with Crippen LogP contribution in [0.15, 0.2) is 52.4 Å². The van der Waals surface area contributed by atoms with E-state index < -0.39 is 0 Å². The van der Waals surface area contributed by atoms with Crippen molar-refractivity contribution in [1.29, 1.82) is 0 Å². The summed E-state index contributed by atoms with van der Waals surface area (Å²) in [5.74, 6) is 1.78. The number of hydrogen-bond acceptors (Lipinski definition) is 6. The number of unbranched alkanes of at least 4 members (excludes halogenated alkanes) is 1. The Balaban J connectivity index is 1.77. The smallest absolute Gasteiger partial charge is 0.239 e. The summed E-state index contributed by atoms with van der Waals surface area (Å²) < 4.78 is 12.2. The fourth-order valence-electron chi connectivity index (χ4n) is 2.71. The summed E-state index contributed by atoms with van der Waals surface area (Å²) >= 11 is 1.45. The molecule has 1 atom stereocenters. The first kappa shape index (κ1) is 20.0. The van der Waals surface area contributed by atoms with Crippen molar-refractivity contribution in [2.24, 2.45) is 0 Å². The molecule has 7 nitrogen and oxygen atoms in total. The van der Waals surface area contributed by atoms with Crippen LogP contribution in [0.1, 0.15) is 31.9 Å². The molecule has 0 aliphatic carbocycles. The minimum atomic E-state index is -0.281. The van der Waals surface area contributed by atoms with E-state index in [2.05, 4.69) is 22.4 Å². The molecular formula is C20H24N4O3S. The van der Waals surface area contributed by atoms with Gasteiger partial charge in [-0.15, -0.1) is 0 Å². The minimum Gasteiger partial charge on any atom is -0.497 e. The third-order valence-electron chi connectivity index (χ3n) is 4.20. The van der Waals surface area contributed by atoms with Crippen LogP contribution in [0.2, 0.25) is 0 Å². The molecule has 3 aromatic rings. The zero-order valence-corrected chi connectivity index (χ0v) is 17.0. The van der Waals surface area contributed by atoms with E-state index in [1.165, 1.54) is 11.8 Å². The molecule has 0 bridgehead atoms. The molecule has 28 heavy (non-hydrogen) atoms. The molecule has 0 aliphatic rings. The van der Waals surface area contributed by atoms with Crippen molar-refractivity contribution in [2.75, 3.05) is 12.4 Å². The van der Waals surface area contributed by atoms with Crippen molar-refractivity contribution < 1.29 is 14.1 Å². The number of amides is 1. The van der Waals surface area contributed by atoms with Gasteiger partial charge in [-0.2, -0.15) is 0 Å².